The second-order valence-corrected chi connectivity index (χ2v) is 7.34. The van der Waals surface area contributed by atoms with E-state index < -0.39 is 10.0 Å². The first-order valence-electron chi connectivity index (χ1n) is 7.32. The van der Waals surface area contributed by atoms with Gasteiger partial charge >= 0.3 is 0 Å². The molecular formula is C16H19N3O3S. The molecule has 1 aliphatic heterocycles. The lowest BCUT2D eigenvalue weighted by atomic mass is 10.1. The molecule has 1 aromatic rings. The fourth-order valence-electron chi connectivity index (χ4n) is 2.51. The first kappa shape index (κ1) is 17.2. The van der Waals surface area contributed by atoms with Gasteiger partial charge in [-0.1, -0.05) is 12.1 Å². The van der Waals surface area contributed by atoms with Crippen molar-refractivity contribution in [2.24, 2.45) is 0 Å². The topological polar surface area (TPSA) is 90.3 Å². The van der Waals surface area contributed by atoms with Crippen molar-refractivity contribution >= 4 is 22.0 Å². The molecule has 1 aromatic carbocycles. The highest BCUT2D eigenvalue weighted by molar-refractivity contribution is 7.88. The van der Waals surface area contributed by atoms with Gasteiger partial charge in [0, 0.05) is 25.2 Å². The third kappa shape index (κ3) is 5.51. The molecule has 0 bridgehead atoms. The summed E-state index contributed by atoms with van der Waals surface area (Å²) in [5.74, 6) is -0.106. The van der Waals surface area contributed by atoms with Crippen LogP contribution < -0.4 is 4.72 Å². The second-order valence-electron chi connectivity index (χ2n) is 5.56. The van der Waals surface area contributed by atoms with Gasteiger partial charge in [-0.15, -0.1) is 0 Å². The number of benzene rings is 1. The van der Waals surface area contributed by atoms with Crippen LogP contribution >= 0.6 is 0 Å². The Kier molecular flexibility index (Phi) is 5.53. The SMILES string of the molecule is CS(=O)(=O)NC1CCN(C(=O)/C=C/c2cccc(C#N)c2)CC1. The molecule has 1 heterocycles. The molecule has 1 saturated heterocycles. The summed E-state index contributed by atoms with van der Waals surface area (Å²) in [6.07, 6.45) is 5.53. The molecule has 6 nitrogen and oxygen atoms in total. The first-order chi connectivity index (χ1) is 10.9. The van der Waals surface area contributed by atoms with E-state index in [-0.39, 0.29) is 11.9 Å². The van der Waals surface area contributed by atoms with Crippen LogP contribution in [0.4, 0.5) is 0 Å². The van der Waals surface area contributed by atoms with E-state index in [0.29, 0.717) is 31.5 Å². The van der Waals surface area contributed by atoms with Crippen LogP contribution in [0.5, 0.6) is 0 Å². The van der Waals surface area contributed by atoms with E-state index in [4.69, 9.17) is 5.26 Å². The number of amides is 1. The van der Waals surface area contributed by atoms with Crippen molar-refractivity contribution in [2.45, 2.75) is 18.9 Å². The van der Waals surface area contributed by atoms with Gasteiger partial charge in [0.15, 0.2) is 0 Å². The minimum absolute atomic E-state index is 0.106. The van der Waals surface area contributed by atoms with Crippen LogP contribution in [0, 0.1) is 11.3 Å². The van der Waals surface area contributed by atoms with Crippen molar-refractivity contribution in [3.63, 3.8) is 0 Å². The summed E-state index contributed by atoms with van der Waals surface area (Å²) < 4.78 is 25.0. The lowest BCUT2D eigenvalue weighted by Gasteiger charge is -2.31. The minimum atomic E-state index is -3.21. The van der Waals surface area contributed by atoms with Gasteiger partial charge in [0.1, 0.15) is 0 Å². The number of nitrogens with zero attached hydrogens (tertiary/aromatic N) is 2. The number of nitriles is 1. The molecule has 0 aromatic heterocycles. The summed E-state index contributed by atoms with van der Waals surface area (Å²) in [6, 6.07) is 8.97. The molecule has 0 saturated carbocycles. The Morgan fingerprint density at radius 3 is 2.70 bits per heavy atom. The summed E-state index contributed by atoms with van der Waals surface area (Å²) in [6.45, 7) is 1.04. The molecule has 0 spiro atoms. The lowest BCUT2D eigenvalue weighted by molar-refractivity contribution is -0.126. The molecule has 1 fully saturated rings. The zero-order valence-corrected chi connectivity index (χ0v) is 13.7. The molecule has 1 amide bonds. The first-order valence-corrected chi connectivity index (χ1v) is 9.21. The van der Waals surface area contributed by atoms with Crippen molar-refractivity contribution in [1.82, 2.24) is 9.62 Å². The number of rotatable bonds is 4. The number of hydrogen-bond acceptors (Lipinski definition) is 4. The molecule has 1 N–H and O–H groups in total. The predicted molar refractivity (Wildman–Crippen MR) is 87.8 cm³/mol. The molecule has 23 heavy (non-hydrogen) atoms. The molecule has 2 rings (SSSR count). The van der Waals surface area contributed by atoms with Gasteiger partial charge in [-0.3, -0.25) is 4.79 Å². The number of hydrogen-bond donors (Lipinski definition) is 1. The number of carbonyl (C=O) groups is 1. The van der Waals surface area contributed by atoms with Gasteiger partial charge in [-0.2, -0.15) is 5.26 Å². The maximum Gasteiger partial charge on any atom is 0.246 e. The standard InChI is InChI=1S/C16H19N3O3S/c1-23(21,22)18-15-7-9-19(10-8-15)16(20)6-5-13-3-2-4-14(11-13)12-17/h2-6,11,15,18H,7-10H2,1H3/b6-5+. The molecule has 0 aliphatic carbocycles. The molecular weight excluding hydrogens is 314 g/mol. The predicted octanol–water partition coefficient (Wildman–Crippen LogP) is 1.11. The zero-order chi connectivity index (χ0) is 16.9. The van der Waals surface area contributed by atoms with Crippen molar-refractivity contribution in [2.75, 3.05) is 19.3 Å². The van der Waals surface area contributed by atoms with E-state index >= 15 is 0 Å². The average Bonchev–Trinajstić information content (AvgIpc) is 2.52. The van der Waals surface area contributed by atoms with E-state index in [1.807, 2.05) is 6.07 Å². The third-order valence-corrected chi connectivity index (χ3v) is 4.38. The van der Waals surface area contributed by atoms with Gasteiger partial charge < -0.3 is 4.90 Å². The van der Waals surface area contributed by atoms with Gasteiger partial charge in [-0.05, 0) is 36.6 Å². The maximum atomic E-state index is 12.2. The summed E-state index contributed by atoms with van der Waals surface area (Å²) in [5.41, 5.74) is 1.35. The smallest absolute Gasteiger partial charge is 0.246 e. The fraction of sp³-hybridized carbons (Fsp3) is 0.375. The lowest BCUT2D eigenvalue weighted by Crippen LogP contribution is -2.45. The highest BCUT2D eigenvalue weighted by Crippen LogP contribution is 2.12. The Balaban J connectivity index is 1.90. The Morgan fingerprint density at radius 2 is 2.09 bits per heavy atom. The van der Waals surface area contributed by atoms with E-state index in [0.717, 1.165) is 11.8 Å². The summed E-state index contributed by atoms with van der Waals surface area (Å²) in [5, 5.41) is 8.85. The van der Waals surface area contributed by atoms with Crippen LogP contribution in [0.2, 0.25) is 0 Å². The van der Waals surface area contributed by atoms with Crippen molar-refractivity contribution < 1.29 is 13.2 Å². The minimum Gasteiger partial charge on any atom is -0.339 e. The van der Waals surface area contributed by atoms with Gasteiger partial charge in [0.2, 0.25) is 15.9 Å². The van der Waals surface area contributed by atoms with E-state index in [9.17, 15) is 13.2 Å². The highest BCUT2D eigenvalue weighted by atomic mass is 32.2. The van der Waals surface area contributed by atoms with Gasteiger partial charge in [0.25, 0.3) is 0 Å². The molecule has 0 unspecified atom stereocenters. The maximum absolute atomic E-state index is 12.2. The number of carbonyl (C=O) groups excluding carboxylic acids is 1. The van der Waals surface area contributed by atoms with Crippen molar-refractivity contribution in [3.05, 3.63) is 41.5 Å². The Labute approximate surface area is 136 Å². The zero-order valence-electron chi connectivity index (χ0n) is 12.9. The van der Waals surface area contributed by atoms with Gasteiger partial charge in [-0.25, -0.2) is 13.1 Å². The van der Waals surface area contributed by atoms with E-state index in [1.54, 1.807) is 29.2 Å². The van der Waals surface area contributed by atoms with Crippen LogP contribution in [0.15, 0.2) is 30.3 Å². The van der Waals surface area contributed by atoms with Crippen LogP contribution in [-0.2, 0) is 14.8 Å². The third-order valence-electron chi connectivity index (χ3n) is 3.62. The van der Waals surface area contributed by atoms with Crippen LogP contribution in [0.3, 0.4) is 0 Å². The van der Waals surface area contributed by atoms with Crippen molar-refractivity contribution in [1.29, 1.82) is 5.26 Å². The normalized spacial score (nSPS) is 16.4. The monoisotopic (exact) mass is 333 g/mol. The Morgan fingerprint density at radius 1 is 1.39 bits per heavy atom. The highest BCUT2D eigenvalue weighted by Gasteiger charge is 2.23. The number of likely N-dealkylation sites (tertiary alicyclic amines) is 1. The molecule has 1 aliphatic rings. The van der Waals surface area contributed by atoms with Crippen LogP contribution in [-0.4, -0.2) is 44.6 Å². The van der Waals surface area contributed by atoms with E-state index in [2.05, 4.69) is 10.8 Å². The van der Waals surface area contributed by atoms with Gasteiger partial charge in [0.05, 0.1) is 17.9 Å². The second kappa shape index (κ2) is 7.40. The largest absolute Gasteiger partial charge is 0.339 e. The average molecular weight is 333 g/mol. The van der Waals surface area contributed by atoms with Crippen molar-refractivity contribution in [3.8, 4) is 6.07 Å². The molecule has 0 radical (unpaired) electrons. The molecule has 7 heteroatoms. The number of nitrogens with one attached hydrogen (secondary N) is 1. The molecule has 0 atom stereocenters. The van der Waals surface area contributed by atoms with Crippen LogP contribution in [0.1, 0.15) is 24.0 Å². The number of piperidine rings is 1. The van der Waals surface area contributed by atoms with Crippen LogP contribution in [0.25, 0.3) is 6.08 Å². The Bertz CT molecular complexity index is 742. The number of sulfonamides is 1. The molecule has 122 valence electrons. The van der Waals surface area contributed by atoms with E-state index in [1.165, 1.54) is 6.08 Å². The Hall–Kier alpha value is -2.17. The fourth-order valence-corrected chi connectivity index (χ4v) is 3.35. The summed E-state index contributed by atoms with van der Waals surface area (Å²) in [4.78, 5) is 13.9. The summed E-state index contributed by atoms with van der Waals surface area (Å²) >= 11 is 0. The summed E-state index contributed by atoms with van der Waals surface area (Å²) in [7, 11) is -3.21. The quantitative estimate of drug-likeness (QED) is 0.836.